The molecule has 0 aliphatic rings. The summed E-state index contributed by atoms with van der Waals surface area (Å²) in [5.74, 6) is 0.137. The van der Waals surface area contributed by atoms with Crippen LogP contribution in [0, 0.1) is 0 Å². The van der Waals surface area contributed by atoms with E-state index in [4.69, 9.17) is 10.8 Å². The molecular formula is C10H13Br3ClNO2. The molecule has 17 heavy (non-hydrogen) atoms. The van der Waals surface area contributed by atoms with E-state index in [1.165, 1.54) is 0 Å². The first-order valence-corrected chi connectivity index (χ1v) is 7.09. The first-order chi connectivity index (χ1) is 7.49. The summed E-state index contributed by atoms with van der Waals surface area (Å²) in [5, 5.41) is 18.5. The van der Waals surface area contributed by atoms with Crippen molar-refractivity contribution in [3.63, 3.8) is 0 Å². The number of rotatable bonds is 4. The molecule has 3 nitrogen and oxygen atoms in total. The predicted octanol–water partition coefficient (Wildman–Crippen LogP) is 3.87. The van der Waals surface area contributed by atoms with Crippen molar-refractivity contribution in [3.05, 3.63) is 25.0 Å². The molecule has 0 amide bonds. The lowest BCUT2D eigenvalue weighted by molar-refractivity contribution is 0.279. The molecule has 0 spiro atoms. The maximum absolute atomic E-state index is 9.77. The van der Waals surface area contributed by atoms with Gasteiger partial charge < -0.3 is 15.9 Å². The summed E-state index contributed by atoms with van der Waals surface area (Å²) in [6.45, 7) is 0.117. The minimum Gasteiger partial charge on any atom is -0.506 e. The second-order valence-electron chi connectivity index (χ2n) is 3.39. The number of phenolic OH excluding ortho intramolecular Hbond substituents is 1. The van der Waals surface area contributed by atoms with Gasteiger partial charge in [-0.1, -0.05) is 15.9 Å². The molecule has 0 fully saturated rings. The molecule has 4 N–H and O–H groups in total. The van der Waals surface area contributed by atoms with Crippen molar-refractivity contribution < 1.29 is 10.2 Å². The first kappa shape index (κ1) is 17.7. The molecule has 0 saturated heterocycles. The molecule has 98 valence electrons. The van der Waals surface area contributed by atoms with E-state index in [0.29, 0.717) is 21.8 Å². The zero-order valence-electron chi connectivity index (χ0n) is 8.79. The van der Waals surface area contributed by atoms with Crippen molar-refractivity contribution in [2.45, 2.75) is 18.9 Å². The SMILES string of the molecule is Cl.N[C@@H](CCCO)c1c(Br)cc(Br)c(O)c1Br. The average molecular weight is 454 g/mol. The number of aromatic hydroxyl groups is 1. The Morgan fingerprint density at radius 2 is 1.82 bits per heavy atom. The molecular weight excluding hydrogens is 441 g/mol. The fraction of sp³-hybridized carbons (Fsp3) is 0.400. The highest BCUT2D eigenvalue weighted by Gasteiger charge is 2.18. The minimum atomic E-state index is -0.227. The van der Waals surface area contributed by atoms with E-state index in [1.54, 1.807) is 6.07 Å². The third kappa shape index (κ3) is 4.36. The summed E-state index contributed by atoms with van der Waals surface area (Å²) < 4.78 is 2.01. The fourth-order valence-corrected chi connectivity index (χ4v) is 4.10. The summed E-state index contributed by atoms with van der Waals surface area (Å²) in [6, 6.07) is 1.53. The molecule has 0 bridgehead atoms. The van der Waals surface area contributed by atoms with E-state index >= 15 is 0 Å². The van der Waals surface area contributed by atoms with Gasteiger partial charge in [-0.2, -0.15) is 0 Å². The van der Waals surface area contributed by atoms with Gasteiger partial charge >= 0.3 is 0 Å². The Morgan fingerprint density at radius 3 is 2.35 bits per heavy atom. The quantitative estimate of drug-likeness (QED) is 0.647. The number of phenols is 1. The number of aliphatic hydroxyl groups excluding tert-OH is 1. The largest absolute Gasteiger partial charge is 0.506 e. The zero-order chi connectivity index (χ0) is 12.3. The average Bonchev–Trinajstić information content (AvgIpc) is 2.23. The van der Waals surface area contributed by atoms with Gasteiger partial charge in [0.2, 0.25) is 0 Å². The van der Waals surface area contributed by atoms with Crippen LogP contribution in [0.3, 0.4) is 0 Å². The maximum atomic E-state index is 9.77. The van der Waals surface area contributed by atoms with Crippen LogP contribution in [-0.2, 0) is 0 Å². The number of nitrogens with two attached hydrogens (primary N) is 1. The normalized spacial score (nSPS) is 12.1. The summed E-state index contributed by atoms with van der Waals surface area (Å²) in [5.41, 5.74) is 6.82. The Kier molecular flexibility index (Phi) is 8.28. The highest BCUT2D eigenvalue weighted by atomic mass is 79.9. The van der Waals surface area contributed by atoms with Crippen LogP contribution in [0.15, 0.2) is 19.5 Å². The third-order valence-electron chi connectivity index (χ3n) is 2.23. The highest BCUT2D eigenvalue weighted by molar-refractivity contribution is 9.11. The Labute approximate surface area is 132 Å². The van der Waals surface area contributed by atoms with Gasteiger partial charge in [-0.05, 0) is 50.8 Å². The van der Waals surface area contributed by atoms with Gasteiger partial charge in [0.05, 0.1) is 8.95 Å². The number of hydrogen-bond acceptors (Lipinski definition) is 3. The maximum Gasteiger partial charge on any atom is 0.144 e. The van der Waals surface area contributed by atoms with Crippen molar-refractivity contribution in [1.82, 2.24) is 0 Å². The topological polar surface area (TPSA) is 66.5 Å². The van der Waals surface area contributed by atoms with Gasteiger partial charge in [0.15, 0.2) is 0 Å². The lowest BCUT2D eigenvalue weighted by Gasteiger charge is -2.17. The van der Waals surface area contributed by atoms with Gasteiger partial charge in [-0.25, -0.2) is 0 Å². The molecule has 0 aliphatic carbocycles. The van der Waals surface area contributed by atoms with Crippen LogP contribution in [0.5, 0.6) is 5.75 Å². The van der Waals surface area contributed by atoms with E-state index in [1.807, 2.05) is 0 Å². The van der Waals surface area contributed by atoms with Crippen molar-refractivity contribution in [3.8, 4) is 5.75 Å². The Hall–Kier alpha value is 0.670. The highest BCUT2D eigenvalue weighted by Crippen LogP contribution is 2.42. The van der Waals surface area contributed by atoms with E-state index in [-0.39, 0.29) is 30.8 Å². The number of aliphatic hydroxyl groups is 1. The van der Waals surface area contributed by atoms with Crippen molar-refractivity contribution in [1.29, 1.82) is 0 Å². The predicted molar refractivity (Wildman–Crippen MR) is 81.7 cm³/mol. The van der Waals surface area contributed by atoms with Crippen molar-refractivity contribution >= 4 is 60.2 Å². The van der Waals surface area contributed by atoms with E-state index in [0.717, 1.165) is 10.0 Å². The molecule has 0 unspecified atom stereocenters. The molecule has 0 radical (unpaired) electrons. The number of halogens is 4. The van der Waals surface area contributed by atoms with Crippen molar-refractivity contribution in [2.24, 2.45) is 5.73 Å². The minimum absolute atomic E-state index is 0. The van der Waals surface area contributed by atoms with Gasteiger partial charge in [-0.15, -0.1) is 12.4 Å². The van der Waals surface area contributed by atoms with E-state index < -0.39 is 0 Å². The van der Waals surface area contributed by atoms with E-state index in [9.17, 15) is 5.11 Å². The zero-order valence-corrected chi connectivity index (χ0v) is 14.4. The lowest BCUT2D eigenvalue weighted by atomic mass is 10.0. The number of hydrogen-bond donors (Lipinski definition) is 3. The molecule has 0 saturated carbocycles. The molecule has 1 atom stereocenters. The first-order valence-electron chi connectivity index (χ1n) is 4.71. The summed E-state index contributed by atoms with van der Waals surface area (Å²) in [6.07, 6.45) is 1.30. The molecule has 7 heteroatoms. The smallest absolute Gasteiger partial charge is 0.144 e. The van der Waals surface area contributed by atoms with E-state index in [2.05, 4.69) is 47.8 Å². The van der Waals surface area contributed by atoms with Crippen LogP contribution < -0.4 is 5.73 Å². The van der Waals surface area contributed by atoms with Gasteiger partial charge in [0.1, 0.15) is 5.75 Å². The van der Waals surface area contributed by atoms with Crippen LogP contribution in [0.1, 0.15) is 24.4 Å². The van der Waals surface area contributed by atoms with Crippen LogP contribution in [0.2, 0.25) is 0 Å². The molecule has 1 aromatic carbocycles. The van der Waals surface area contributed by atoms with Gasteiger partial charge in [0, 0.05) is 22.7 Å². The van der Waals surface area contributed by atoms with Crippen LogP contribution in [0.25, 0.3) is 0 Å². The second-order valence-corrected chi connectivity index (χ2v) is 5.89. The molecule has 1 aromatic rings. The van der Waals surface area contributed by atoms with Gasteiger partial charge in [0.25, 0.3) is 0 Å². The summed E-state index contributed by atoms with van der Waals surface area (Å²) in [4.78, 5) is 0. The Morgan fingerprint density at radius 1 is 1.24 bits per heavy atom. The Bertz CT molecular complexity index is 390. The second kappa shape index (κ2) is 7.96. The molecule has 0 aromatic heterocycles. The molecule has 0 aliphatic heterocycles. The molecule has 0 heterocycles. The van der Waals surface area contributed by atoms with Crippen LogP contribution in [-0.4, -0.2) is 16.8 Å². The fourth-order valence-electron chi connectivity index (χ4n) is 1.39. The van der Waals surface area contributed by atoms with Crippen LogP contribution in [0.4, 0.5) is 0 Å². The van der Waals surface area contributed by atoms with Crippen molar-refractivity contribution in [2.75, 3.05) is 6.61 Å². The standard InChI is InChI=1S/C10H12Br3NO2.ClH/c11-5-4-6(12)10(16)9(13)8(5)7(14)2-1-3-15;/h4,7,15-16H,1-3,14H2;1H/t7-;/m0./s1. The summed E-state index contributed by atoms with van der Waals surface area (Å²) >= 11 is 9.97. The summed E-state index contributed by atoms with van der Waals surface area (Å²) in [7, 11) is 0. The molecule has 1 rings (SSSR count). The monoisotopic (exact) mass is 451 g/mol. The van der Waals surface area contributed by atoms with Gasteiger partial charge in [-0.3, -0.25) is 0 Å². The lowest BCUT2D eigenvalue weighted by Crippen LogP contribution is -2.12. The Balaban J connectivity index is 0.00000256. The van der Waals surface area contributed by atoms with Crippen LogP contribution >= 0.6 is 60.2 Å². The third-order valence-corrected chi connectivity index (χ3v) is 4.29. The number of benzene rings is 1.